The third-order valence-corrected chi connectivity index (χ3v) is 2.66. The van der Waals surface area contributed by atoms with Crippen molar-refractivity contribution in [1.82, 2.24) is 15.3 Å². The lowest BCUT2D eigenvalue weighted by Gasteiger charge is -2.14. The van der Waals surface area contributed by atoms with Crippen molar-refractivity contribution in [2.45, 2.75) is 12.6 Å². The lowest BCUT2D eigenvalue weighted by Crippen LogP contribution is -2.12. The van der Waals surface area contributed by atoms with Crippen molar-refractivity contribution in [3.05, 3.63) is 59.7 Å². The minimum Gasteiger partial charge on any atom is -0.369 e. The molecule has 94 valence electrons. The first-order valence-corrected chi connectivity index (χ1v) is 5.89. The topological polar surface area (TPSA) is 47.0 Å². The monoisotopic (exact) mass is 243 g/mol. The van der Waals surface area contributed by atoms with E-state index in [2.05, 4.69) is 15.3 Å². The largest absolute Gasteiger partial charge is 0.369 e. The highest BCUT2D eigenvalue weighted by atomic mass is 16.5. The Morgan fingerprint density at radius 1 is 1.22 bits per heavy atom. The Kier molecular flexibility index (Phi) is 4.39. The van der Waals surface area contributed by atoms with E-state index in [-0.39, 0.29) is 6.10 Å². The summed E-state index contributed by atoms with van der Waals surface area (Å²) in [6.45, 7) is 0.723. The molecule has 0 saturated carbocycles. The van der Waals surface area contributed by atoms with Crippen LogP contribution in [0.3, 0.4) is 0 Å². The van der Waals surface area contributed by atoms with Crippen molar-refractivity contribution in [3.63, 3.8) is 0 Å². The van der Waals surface area contributed by atoms with Crippen LogP contribution in [0.2, 0.25) is 0 Å². The highest BCUT2D eigenvalue weighted by Gasteiger charge is 2.16. The number of nitrogens with zero attached hydrogens (tertiary/aromatic N) is 2. The summed E-state index contributed by atoms with van der Waals surface area (Å²) in [6, 6.07) is 11.9. The summed E-state index contributed by atoms with van der Waals surface area (Å²) in [6.07, 6.45) is 1.55. The number of nitrogens with one attached hydrogen (secondary N) is 1. The Hall–Kier alpha value is -1.78. The van der Waals surface area contributed by atoms with E-state index in [0.717, 1.165) is 17.8 Å². The van der Waals surface area contributed by atoms with Crippen LogP contribution in [0, 0.1) is 0 Å². The fraction of sp³-hybridized carbons (Fsp3) is 0.286. The molecule has 0 bridgehead atoms. The van der Waals surface area contributed by atoms with Gasteiger partial charge in [0.15, 0.2) is 5.82 Å². The molecule has 0 spiro atoms. The molecule has 18 heavy (non-hydrogen) atoms. The summed E-state index contributed by atoms with van der Waals surface area (Å²) >= 11 is 0. The molecule has 1 heterocycles. The van der Waals surface area contributed by atoms with E-state index < -0.39 is 0 Å². The fourth-order valence-corrected chi connectivity index (χ4v) is 1.84. The second kappa shape index (κ2) is 6.23. The van der Waals surface area contributed by atoms with Crippen LogP contribution in [0.25, 0.3) is 0 Å². The van der Waals surface area contributed by atoms with Crippen molar-refractivity contribution in [3.8, 4) is 0 Å². The Morgan fingerprint density at radius 2 is 2.00 bits per heavy atom. The first-order valence-electron chi connectivity index (χ1n) is 5.89. The molecule has 4 heteroatoms. The maximum absolute atomic E-state index is 5.51. The van der Waals surface area contributed by atoms with Crippen LogP contribution in [0.4, 0.5) is 0 Å². The van der Waals surface area contributed by atoms with E-state index in [0.29, 0.717) is 5.82 Å². The third kappa shape index (κ3) is 2.91. The average molecular weight is 243 g/mol. The molecular formula is C14H17N3O. The number of hydrogen-bond acceptors (Lipinski definition) is 4. The lowest BCUT2D eigenvalue weighted by molar-refractivity contribution is 0.129. The zero-order chi connectivity index (χ0) is 12.8. The molecule has 2 aromatic rings. The molecule has 1 atom stereocenters. The molecule has 1 N–H and O–H groups in total. The average Bonchev–Trinajstić information content (AvgIpc) is 2.42. The Balaban J connectivity index is 2.30. The number of methoxy groups -OCH3 is 1. The molecule has 0 fully saturated rings. The summed E-state index contributed by atoms with van der Waals surface area (Å²) < 4.78 is 5.51. The van der Waals surface area contributed by atoms with Crippen molar-refractivity contribution in [2.24, 2.45) is 0 Å². The molecule has 0 radical (unpaired) electrons. The van der Waals surface area contributed by atoms with E-state index >= 15 is 0 Å². The molecule has 1 aromatic heterocycles. The molecule has 1 aromatic carbocycles. The van der Waals surface area contributed by atoms with Crippen LogP contribution >= 0.6 is 0 Å². The molecule has 0 aliphatic rings. The molecule has 1 unspecified atom stereocenters. The highest BCUT2D eigenvalue weighted by Crippen LogP contribution is 2.21. The smallest absolute Gasteiger partial charge is 0.162 e. The van der Waals surface area contributed by atoms with Gasteiger partial charge in [-0.15, -0.1) is 0 Å². The zero-order valence-corrected chi connectivity index (χ0v) is 10.6. The van der Waals surface area contributed by atoms with Crippen molar-refractivity contribution < 1.29 is 4.74 Å². The molecule has 4 nitrogen and oxygen atoms in total. The van der Waals surface area contributed by atoms with E-state index in [4.69, 9.17) is 4.74 Å². The predicted octanol–water partition coefficient (Wildman–Crippen LogP) is 1.93. The van der Waals surface area contributed by atoms with Gasteiger partial charge in [0.05, 0.1) is 5.69 Å². The summed E-state index contributed by atoms with van der Waals surface area (Å²) in [5, 5.41) is 3.08. The Morgan fingerprint density at radius 3 is 2.67 bits per heavy atom. The summed E-state index contributed by atoms with van der Waals surface area (Å²) in [5.74, 6) is 0.691. The lowest BCUT2D eigenvalue weighted by atomic mass is 10.1. The van der Waals surface area contributed by atoms with Gasteiger partial charge in [0.1, 0.15) is 6.10 Å². The molecule has 0 aliphatic carbocycles. The maximum atomic E-state index is 5.51. The van der Waals surface area contributed by atoms with E-state index in [1.165, 1.54) is 0 Å². The molecule has 0 saturated heterocycles. The van der Waals surface area contributed by atoms with Crippen molar-refractivity contribution >= 4 is 0 Å². The van der Waals surface area contributed by atoms with E-state index in [9.17, 15) is 0 Å². The van der Waals surface area contributed by atoms with Gasteiger partial charge in [0, 0.05) is 19.9 Å². The first-order chi connectivity index (χ1) is 8.85. The number of aromatic nitrogens is 2. The van der Waals surface area contributed by atoms with Gasteiger partial charge in [-0.25, -0.2) is 9.97 Å². The Bertz CT molecular complexity index is 487. The van der Waals surface area contributed by atoms with Gasteiger partial charge >= 0.3 is 0 Å². The minimum atomic E-state index is -0.219. The van der Waals surface area contributed by atoms with Gasteiger partial charge in [-0.2, -0.15) is 0 Å². The van der Waals surface area contributed by atoms with Gasteiger partial charge in [0.25, 0.3) is 0 Å². The highest BCUT2D eigenvalue weighted by molar-refractivity contribution is 5.23. The Labute approximate surface area is 107 Å². The van der Waals surface area contributed by atoms with Gasteiger partial charge in [-0.3, -0.25) is 0 Å². The summed E-state index contributed by atoms with van der Waals surface area (Å²) in [7, 11) is 3.57. The van der Waals surface area contributed by atoms with Crippen LogP contribution in [0.5, 0.6) is 0 Å². The van der Waals surface area contributed by atoms with Gasteiger partial charge in [0.2, 0.25) is 0 Å². The normalized spacial score (nSPS) is 12.3. The van der Waals surface area contributed by atoms with Crippen LogP contribution < -0.4 is 5.32 Å². The number of benzene rings is 1. The fourth-order valence-electron chi connectivity index (χ4n) is 1.84. The quantitative estimate of drug-likeness (QED) is 0.871. The number of hydrogen-bond donors (Lipinski definition) is 1. The summed E-state index contributed by atoms with van der Waals surface area (Å²) in [5.41, 5.74) is 2.02. The standard InChI is InChI=1S/C14H17N3O/c1-15-10-12-8-9-16-14(17-12)13(18-2)11-6-4-3-5-7-11/h3-9,13,15H,10H2,1-2H3. The second-order valence-corrected chi connectivity index (χ2v) is 3.96. The van der Waals surface area contributed by atoms with Crippen LogP contribution in [0.15, 0.2) is 42.6 Å². The van der Waals surface area contributed by atoms with Crippen LogP contribution in [-0.2, 0) is 11.3 Å². The second-order valence-electron chi connectivity index (χ2n) is 3.96. The van der Waals surface area contributed by atoms with Crippen LogP contribution in [-0.4, -0.2) is 24.1 Å². The van der Waals surface area contributed by atoms with Gasteiger partial charge < -0.3 is 10.1 Å². The minimum absolute atomic E-state index is 0.219. The number of ether oxygens (including phenoxy) is 1. The molecule has 2 rings (SSSR count). The van der Waals surface area contributed by atoms with Crippen LogP contribution in [0.1, 0.15) is 23.2 Å². The zero-order valence-electron chi connectivity index (χ0n) is 10.6. The predicted molar refractivity (Wildman–Crippen MR) is 70.1 cm³/mol. The molecule has 0 aliphatic heterocycles. The third-order valence-electron chi connectivity index (χ3n) is 2.66. The van der Waals surface area contributed by atoms with E-state index in [1.54, 1.807) is 13.3 Å². The van der Waals surface area contributed by atoms with Crippen molar-refractivity contribution in [2.75, 3.05) is 14.2 Å². The molecule has 0 amide bonds. The van der Waals surface area contributed by atoms with E-state index in [1.807, 2.05) is 43.4 Å². The summed E-state index contributed by atoms with van der Waals surface area (Å²) in [4.78, 5) is 8.82. The molecular weight excluding hydrogens is 226 g/mol. The van der Waals surface area contributed by atoms with Gasteiger partial charge in [-0.05, 0) is 18.7 Å². The number of rotatable bonds is 5. The SMILES string of the molecule is CNCc1ccnc(C(OC)c2ccccc2)n1. The first kappa shape index (κ1) is 12.7. The van der Waals surface area contributed by atoms with Crippen molar-refractivity contribution in [1.29, 1.82) is 0 Å². The van der Waals surface area contributed by atoms with Gasteiger partial charge in [-0.1, -0.05) is 30.3 Å². The maximum Gasteiger partial charge on any atom is 0.162 e.